The average molecular weight is 589 g/mol. The van der Waals surface area contributed by atoms with Gasteiger partial charge in [0.15, 0.2) is 26.1 Å². The van der Waals surface area contributed by atoms with E-state index < -0.39 is 17.1 Å². The number of phenolic OH excluding ortho intramolecular Hbond substituents is 1. The highest BCUT2D eigenvalue weighted by molar-refractivity contribution is 5.90. The molecule has 11 heteroatoms. The number of phenols is 1. The van der Waals surface area contributed by atoms with Crippen molar-refractivity contribution >= 4 is 11.0 Å². The zero-order chi connectivity index (χ0) is 30.9. The van der Waals surface area contributed by atoms with Crippen molar-refractivity contribution in [3.8, 4) is 34.3 Å². The Labute approximate surface area is 244 Å². The Kier molecular flexibility index (Phi) is 11.8. The number of methoxy groups -OCH3 is 3. The topological polar surface area (TPSA) is 146 Å². The second-order valence-corrected chi connectivity index (χ2v) is 10.3. The lowest BCUT2D eigenvalue weighted by atomic mass is 9.95. The fraction of sp³-hybridized carbons (Fsp3) is 0.452. The second-order valence-electron chi connectivity index (χ2n) is 10.3. The van der Waals surface area contributed by atoms with E-state index in [0.717, 1.165) is 5.57 Å². The summed E-state index contributed by atoms with van der Waals surface area (Å²) in [5.41, 5.74) is 0.0709. The molecule has 0 aliphatic carbocycles. The first-order chi connectivity index (χ1) is 20.0. The molecule has 2 aromatic carbocycles. The summed E-state index contributed by atoms with van der Waals surface area (Å²) in [4.78, 5) is 13.8. The Morgan fingerprint density at radius 2 is 1.62 bits per heavy atom. The number of hydrogen-bond donors (Lipinski definition) is 3. The van der Waals surface area contributed by atoms with Crippen molar-refractivity contribution in [3.63, 3.8) is 0 Å². The van der Waals surface area contributed by atoms with Gasteiger partial charge in [0.25, 0.3) is 0 Å². The maximum Gasteiger partial charge on any atom is 0.239 e. The molecule has 1 aromatic heterocycles. The lowest BCUT2D eigenvalue weighted by Crippen LogP contribution is -2.35. The van der Waals surface area contributed by atoms with Crippen LogP contribution < -0.4 is 19.6 Å². The van der Waals surface area contributed by atoms with Crippen LogP contribution in [0.4, 0.5) is 0 Å². The maximum absolute atomic E-state index is 13.8. The third-order valence-electron chi connectivity index (χ3n) is 6.58. The summed E-state index contributed by atoms with van der Waals surface area (Å²) in [6, 6.07) is 8.33. The molecular formula is C31H40O11. The van der Waals surface area contributed by atoms with Crippen molar-refractivity contribution < 1.29 is 48.2 Å². The molecule has 0 saturated carbocycles. The summed E-state index contributed by atoms with van der Waals surface area (Å²) in [5.74, 6) is 0.511. The van der Waals surface area contributed by atoms with Gasteiger partial charge in [-0.25, -0.2) is 0 Å². The predicted molar refractivity (Wildman–Crippen MR) is 156 cm³/mol. The van der Waals surface area contributed by atoms with Crippen LogP contribution in [0.1, 0.15) is 39.2 Å². The van der Waals surface area contributed by atoms with E-state index in [2.05, 4.69) is 0 Å². The van der Waals surface area contributed by atoms with Crippen LogP contribution in [-0.2, 0) is 20.6 Å². The number of ether oxygens (including phenoxy) is 6. The molecular weight excluding hydrogens is 548 g/mol. The van der Waals surface area contributed by atoms with Crippen molar-refractivity contribution in [2.24, 2.45) is 0 Å². The van der Waals surface area contributed by atoms with Crippen molar-refractivity contribution in [3.05, 3.63) is 57.8 Å². The van der Waals surface area contributed by atoms with E-state index in [4.69, 9.17) is 32.8 Å². The number of fused-ring (bicyclic) bond motifs is 1. The fourth-order valence-corrected chi connectivity index (χ4v) is 4.15. The third-order valence-corrected chi connectivity index (χ3v) is 6.58. The van der Waals surface area contributed by atoms with Gasteiger partial charge in [-0.2, -0.15) is 0 Å². The highest BCUT2D eigenvalue weighted by atomic mass is 16.7. The molecule has 0 unspecified atom stereocenters. The minimum atomic E-state index is -1.21. The largest absolute Gasteiger partial charge is 0.507 e. The molecule has 0 radical (unpaired) electrons. The van der Waals surface area contributed by atoms with E-state index in [1.54, 1.807) is 38.1 Å². The van der Waals surface area contributed by atoms with Gasteiger partial charge in [-0.1, -0.05) is 11.6 Å². The second kappa shape index (κ2) is 15.0. The fourth-order valence-electron chi connectivity index (χ4n) is 4.15. The third kappa shape index (κ3) is 8.24. The first-order valence-corrected chi connectivity index (χ1v) is 13.4. The highest BCUT2D eigenvalue weighted by Gasteiger charge is 2.25. The molecule has 230 valence electrons. The Morgan fingerprint density at radius 1 is 1.00 bits per heavy atom. The Morgan fingerprint density at radius 3 is 2.24 bits per heavy atom. The normalized spacial score (nSPS) is 12.9. The number of aliphatic hydroxyl groups excluding tert-OH is 1. The van der Waals surface area contributed by atoms with E-state index in [9.17, 15) is 20.1 Å². The quantitative estimate of drug-likeness (QED) is 0.160. The lowest BCUT2D eigenvalue weighted by molar-refractivity contribution is -0.0509. The van der Waals surface area contributed by atoms with Crippen LogP contribution in [0.5, 0.6) is 23.0 Å². The number of hydrogen-bond acceptors (Lipinski definition) is 11. The Bertz CT molecular complexity index is 1400. The maximum atomic E-state index is 13.8. The minimum absolute atomic E-state index is 0.0758. The number of aliphatic hydroxyl groups is 2. The molecule has 1 heterocycles. The summed E-state index contributed by atoms with van der Waals surface area (Å²) in [6.07, 6.45) is 2.05. The van der Waals surface area contributed by atoms with Crippen LogP contribution in [0.2, 0.25) is 0 Å². The molecule has 3 N–H and O–H groups in total. The summed E-state index contributed by atoms with van der Waals surface area (Å²) in [7, 11) is 4.41. The average Bonchev–Trinajstić information content (AvgIpc) is 2.96. The van der Waals surface area contributed by atoms with Gasteiger partial charge in [0.05, 0.1) is 11.7 Å². The van der Waals surface area contributed by atoms with E-state index in [0.29, 0.717) is 29.7 Å². The monoisotopic (exact) mass is 588 g/mol. The molecule has 3 rings (SSSR count). The van der Waals surface area contributed by atoms with Gasteiger partial charge in [0, 0.05) is 38.5 Å². The molecule has 0 amide bonds. The van der Waals surface area contributed by atoms with Crippen LogP contribution in [0.15, 0.2) is 51.2 Å². The lowest BCUT2D eigenvalue weighted by Gasteiger charge is -2.24. The molecule has 0 bridgehead atoms. The van der Waals surface area contributed by atoms with Gasteiger partial charge in [0.2, 0.25) is 11.2 Å². The molecule has 0 fully saturated rings. The van der Waals surface area contributed by atoms with Gasteiger partial charge >= 0.3 is 0 Å². The smallest absolute Gasteiger partial charge is 0.239 e. The number of benzene rings is 2. The number of rotatable bonds is 16. The zero-order valence-electron chi connectivity index (χ0n) is 24.9. The van der Waals surface area contributed by atoms with Crippen molar-refractivity contribution in [1.29, 1.82) is 0 Å². The first kappa shape index (κ1) is 32.9. The van der Waals surface area contributed by atoms with Gasteiger partial charge in [-0.15, -0.1) is 0 Å². The highest BCUT2D eigenvalue weighted by Crippen LogP contribution is 2.40. The molecule has 0 aliphatic rings. The summed E-state index contributed by atoms with van der Waals surface area (Å²) in [5, 5.41) is 31.5. The summed E-state index contributed by atoms with van der Waals surface area (Å²) < 4.78 is 38.1. The van der Waals surface area contributed by atoms with Crippen molar-refractivity contribution in [2.75, 3.05) is 41.7 Å². The zero-order valence-corrected chi connectivity index (χ0v) is 24.9. The van der Waals surface area contributed by atoms with Crippen LogP contribution >= 0.6 is 0 Å². The predicted octanol–water partition coefficient (Wildman–Crippen LogP) is 4.51. The van der Waals surface area contributed by atoms with Gasteiger partial charge < -0.3 is 48.2 Å². The van der Waals surface area contributed by atoms with Gasteiger partial charge in [-0.3, -0.25) is 4.79 Å². The van der Waals surface area contributed by atoms with Crippen LogP contribution in [-0.4, -0.2) is 68.7 Å². The minimum Gasteiger partial charge on any atom is -0.507 e. The standard InChI is InChI=1S/C31H40O11/c1-19(8-14-25(32)31(2,3)35)7-13-22-23(40-17-37-5)15-24-26(27(22)33)28(34)30(41-18-38-6)29(42-24)20-9-11-21(12-10-20)39-16-36-4/h7,9-12,15,25,32-33,35H,8,13-14,16-18H2,1-6H3/b19-7+/t25-/m0/s1. The van der Waals surface area contributed by atoms with Gasteiger partial charge in [-0.05, 0) is 64.3 Å². The molecule has 0 saturated heterocycles. The summed E-state index contributed by atoms with van der Waals surface area (Å²) in [6.45, 7) is 4.74. The summed E-state index contributed by atoms with van der Waals surface area (Å²) >= 11 is 0. The van der Waals surface area contributed by atoms with E-state index in [1.807, 2.05) is 13.0 Å². The molecule has 0 aliphatic heterocycles. The Balaban J connectivity index is 2.09. The van der Waals surface area contributed by atoms with Crippen LogP contribution in [0.25, 0.3) is 22.3 Å². The molecule has 3 aromatic rings. The molecule has 0 spiro atoms. The van der Waals surface area contributed by atoms with E-state index in [1.165, 1.54) is 27.4 Å². The van der Waals surface area contributed by atoms with E-state index >= 15 is 0 Å². The first-order valence-electron chi connectivity index (χ1n) is 13.4. The van der Waals surface area contributed by atoms with Crippen LogP contribution in [0, 0.1) is 0 Å². The Hall–Kier alpha value is -3.61. The van der Waals surface area contributed by atoms with Crippen molar-refractivity contribution in [1.82, 2.24) is 0 Å². The molecule has 1 atom stereocenters. The van der Waals surface area contributed by atoms with Crippen LogP contribution in [0.3, 0.4) is 0 Å². The van der Waals surface area contributed by atoms with Crippen molar-refractivity contribution in [2.45, 2.75) is 51.7 Å². The SMILES string of the molecule is COCOc1ccc(-c2oc3cc(OCOC)c(C/C=C(\C)CC[C@H](O)C(C)(C)O)c(O)c3c(=O)c2OCOC)cc1. The number of allylic oxidation sites excluding steroid dienone is 2. The van der Waals surface area contributed by atoms with Gasteiger partial charge in [0.1, 0.15) is 28.2 Å². The molecule has 11 nitrogen and oxygen atoms in total. The molecule has 42 heavy (non-hydrogen) atoms. The number of aromatic hydroxyl groups is 1. The van der Waals surface area contributed by atoms with E-state index in [-0.39, 0.29) is 60.8 Å².